The van der Waals surface area contributed by atoms with Crippen LogP contribution in [0.3, 0.4) is 0 Å². The molecule has 0 spiro atoms. The van der Waals surface area contributed by atoms with Gasteiger partial charge in [0.2, 0.25) is 5.91 Å². The Morgan fingerprint density at radius 2 is 1.49 bits per heavy atom. The lowest BCUT2D eigenvalue weighted by molar-refractivity contribution is -0.146. The fourth-order valence-electron chi connectivity index (χ4n) is 4.55. The number of carbonyl (C=O) groups is 3. The minimum atomic E-state index is -0.952. The van der Waals surface area contributed by atoms with Crippen molar-refractivity contribution in [2.45, 2.75) is 85.5 Å². The summed E-state index contributed by atoms with van der Waals surface area (Å²) < 4.78 is 5.37. The molecule has 3 aromatic carbocycles. The van der Waals surface area contributed by atoms with Gasteiger partial charge in [-0.05, 0) is 102 Å². The normalized spacial score (nSPS) is 13.4. The SMILES string of the molecule is Cc1cccc(C(C(=O)Nc2ccc3ccccc3c2)N(C(=O)C(C)NC(=O)OC(C)(C)C)C(C)(C)C)c1C. The van der Waals surface area contributed by atoms with Gasteiger partial charge in [0.25, 0.3) is 5.91 Å². The van der Waals surface area contributed by atoms with Gasteiger partial charge in [-0.1, -0.05) is 48.5 Å². The number of rotatable bonds is 6. The lowest BCUT2D eigenvalue weighted by atomic mass is 9.91. The van der Waals surface area contributed by atoms with Crippen molar-refractivity contribution < 1.29 is 19.1 Å². The molecule has 3 aromatic rings. The van der Waals surface area contributed by atoms with Crippen LogP contribution >= 0.6 is 0 Å². The molecule has 208 valence electrons. The van der Waals surface area contributed by atoms with Crippen LogP contribution in [-0.4, -0.2) is 40.0 Å². The van der Waals surface area contributed by atoms with Gasteiger partial charge < -0.3 is 20.3 Å². The summed E-state index contributed by atoms with van der Waals surface area (Å²) in [6, 6.07) is 17.5. The van der Waals surface area contributed by atoms with E-state index in [2.05, 4.69) is 10.6 Å². The van der Waals surface area contributed by atoms with Crippen molar-refractivity contribution in [2.24, 2.45) is 0 Å². The van der Waals surface area contributed by atoms with Gasteiger partial charge in [-0.25, -0.2) is 4.79 Å². The van der Waals surface area contributed by atoms with Crippen LogP contribution in [0.5, 0.6) is 0 Å². The van der Waals surface area contributed by atoms with E-state index >= 15 is 0 Å². The topological polar surface area (TPSA) is 87.7 Å². The molecule has 0 heterocycles. The summed E-state index contributed by atoms with van der Waals surface area (Å²) in [5, 5.41) is 7.76. The molecule has 2 atom stereocenters. The lowest BCUT2D eigenvalue weighted by Gasteiger charge is -2.43. The zero-order valence-electron chi connectivity index (χ0n) is 24.5. The largest absolute Gasteiger partial charge is 0.444 e. The van der Waals surface area contributed by atoms with E-state index in [1.54, 1.807) is 32.6 Å². The number of anilines is 1. The molecule has 2 unspecified atom stereocenters. The maximum atomic E-state index is 14.1. The molecule has 0 aliphatic carbocycles. The van der Waals surface area contributed by atoms with Crippen molar-refractivity contribution in [1.82, 2.24) is 10.2 Å². The quantitative estimate of drug-likeness (QED) is 0.372. The molecule has 3 rings (SSSR count). The van der Waals surface area contributed by atoms with Crippen LogP contribution < -0.4 is 10.6 Å². The van der Waals surface area contributed by atoms with Gasteiger partial charge in [-0.2, -0.15) is 0 Å². The first-order valence-corrected chi connectivity index (χ1v) is 13.3. The van der Waals surface area contributed by atoms with Crippen LogP contribution in [0, 0.1) is 13.8 Å². The van der Waals surface area contributed by atoms with Crippen LogP contribution in [-0.2, 0) is 14.3 Å². The monoisotopic (exact) mass is 531 g/mol. The highest BCUT2D eigenvalue weighted by Gasteiger charge is 2.41. The smallest absolute Gasteiger partial charge is 0.408 e. The van der Waals surface area contributed by atoms with Gasteiger partial charge in [0.15, 0.2) is 0 Å². The van der Waals surface area contributed by atoms with E-state index < -0.39 is 35.2 Å². The zero-order valence-corrected chi connectivity index (χ0v) is 24.5. The molecule has 7 heteroatoms. The van der Waals surface area contributed by atoms with Gasteiger partial charge in [0.05, 0.1) is 0 Å². The number of carbonyl (C=O) groups excluding carboxylic acids is 3. The van der Waals surface area contributed by atoms with Crippen LogP contribution in [0.4, 0.5) is 10.5 Å². The first-order chi connectivity index (χ1) is 18.1. The first kappa shape index (κ1) is 29.7. The number of hydrogen-bond donors (Lipinski definition) is 2. The second-order valence-electron chi connectivity index (χ2n) is 12.0. The zero-order chi connectivity index (χ0) is 29.1. The van der Waals surface area contributed by atoms with Crippen molar-refractivity contribution in [1.29, 1.82) is 0 Å². The third kappa shape index (κ3) is 7.37. The van der Waals surface area contributed by atoms with Crippen LogP contribution in [0.2, 0.25) is 0 Å². The highest BCUT2D eigenvalue weighted by Crippen LogP contribution is 2.34. The Balaban J connectivity index is 2.04. The third-order valence-corrected chi connectivity index (χ3v) is 6.53. The molecule has 0 aliphatic rings. The molecule has 0 aliphatic heterocycles. The van der Waals surface area contributed by atoms with Crippen LogP contribution in [0.1, 0.15) is 71.2 Å². The van der Waals surface area contributed by atoms with E-state index in [9.17, 15) is 14.4 Å². The number of fused-ring (bicyclic) bond motifs is 1. The molecule has 3 amide bonds. The Kier molecular flexibility index (Phi) is 8.74. The second-order valence-corrected chi connectivity index (χ2v) is 12.0. The predicted octanol–water partition coefficient (Wildman–Crippen LogP) is 6.68. The number of amides is 3. The van der Waals surface area contributed by atoms with Gasteiger partial charge in [-0.3, -0.25) is 9.59 Å². The van der Waals surface area contributed by atoms with Crippen molar-refractivity contribution in [3.63, 3.8) is 0 Å². The average molecular weight is 532 g/mol. The highest BCUT2D eigenvalue weighted by molar-refractivity contribution is 6.00. The summed E-state index contributed by atoms with van der Waals surface area (Å²) >= 11 is 0. The number of benzene rings is 3. The number of nitrogens with one attached hydrogen (secondary N) is 2. The summed E-state index contributed by atoms with van der Waals surface area (Å²) in [6.07, 6.45) is -0.693. The maximum absolute atomic E-state index is 14.1. The summed E-state index contributed by atoms with van der Waals surface area (Å²) in [5.41, 5.74) is 1.82. The van der Waals surface area contributed by atoms with Gasteiger partial charge >= 0.3 is 6.09 Å². The van der Waals surface area contributed by atoms with Crippen molar-refractivity contribution in [3.8, 4) is 0 Å². The number of nitrogens with zero attached hydrogens (tertiary/aromatic N) is 1. The number of hydrogen-bond acceptors (Lipinski definition) is 4. The molecule has 39 heavy (non-hydrogen) atoms. The Hall–Kier alpha value is -3.87. The number of alkyl carbamates (subject to hydrolysis) is 1. The standard InChI is InChI=1S/C32H41N3O4/c1-20-13-12-16-26(21(20)2)27(28(36)34-25-18-17-23-14-10-11-15-24(23)19-25)35(31(4,5)6)29(37)22(3)33-30(38)39-32(7,8)9/h10-19,22,27H,1-9H3,(H,33,38)(H,34,36). The van der Waals surface area contributed by atoms with E-state index in [1.165, 1.54) is 0 Å². The summed E-state index contributed by atoms with van der Waals surface area (Å²) in [4.78, 5) is 42.2. The molecule has 7 nitrogen and oxygen atoms in total. The number of ether oxygens (including phenoxy) is 1. The molecule has 0 saturated carbocycles. The average Bonchev–Trinajstić information content (AvgIpc) is 2.82. The van der Waals surface area contributed by atoms with Crippen molar-refractivity contribution in [2.75, 3.05) is 5.32 Å². The molecule has 2 N–H and O–H groups in total. The molecule has 0 saturated heterocycles. The molecular weight excluding hydrogens is 490 g/mol. The molecule has 0 bridgehead atoms. The molecule has 0 radical (unpaired) electrons. The maximum Gasteiger partial charge on any atom is 0.408 e. The minimum Gasteiger partial charge on any atom is -0.444 e. The third-order valence-electron chi connectivity index (χ3n) is 6.53. The second kappa shape index (κ2) is 11.5. The highest BCUT2D eigenvalue weighted by atomic mass is 16.6. The first-order valence-electron chi connectivity index (χ1n) is 13.3. The predicted molar refractivity (Wildman–Crippen MR) is 157 cm³/mol. The van der Waals surface area contributed by atoms with E-state index in [1.807, 2.05) is 95.3 Å². The van der Waals surface area contributed by atoms with Gasteiger partial charge in [-0.15, -0.1) is 0 Å². The van der Waals surface area contributed by atoms with Gasteiger partial charge in [0, 0.05) is 11.2 Å². The Morgan fingerprint density at radius 1 is 0.846 bits per heavy atom. The fourth-order valence-corrected chi connectivity index (χ4v) is 4.55. The van der Waals surface area contributed by atoms with E-state index in [4.69, 9.17) is 4.74 Å². The summed E-state index contributed by atoms with van der Waals surface area (Å²) in [5.74, 6) is -0.736. The Labute approximate surface area is 231 Å². The Bertz CT molecular complexity index is 1370. The van der Waals surface area contributed by atoms with E-state index in [0.29, 0.717) is 5.69 Å². The Morgan fingerprint density at radius 3 is 2.10 bits per heavy atom. The minimum absolute atomic E-state index is 0.341. The van der Waals surface area contributed by atoms with Gasteiger partial charge in [0.1, 0.15) is 17.7 Å². The summed E-state index contributed by atoms with van der Waals surface area (Å²) in [7, 11) is 0. The number of aryl methyl sites for hydroxylation is 1. The molecule has 0 aromatic heterocycles. The van der Waals surface area contributed by atoms with Crippen molar-refractivity contribution in [3.05, 3.63) is 77.4 Å². The summed E-state index contributed by atoms with van der Waals surface area (Å²) in [6.45, 7) is 16.5. The molecule has 0 fully saturated rings. The van der Waals surface area contributed by atoms with E-state index in [0.717, 1.165) is 27.5 Å². The van der Waals surface area contributed by atoms with Crippen LogP contribution in [0.25, 0.3) is 10.8 Å². The fraction of sp³-hybridized carbons (Fsp3) is 0.406. The van der Waals surface area contributed by atoms with Crippen LogP contribution in [0.15, 0.2) is 60.7 Å². The molecular formula is C32H41N3O4. The van der Waals surface area contributed by atoms with Crippen molar-refractivity contribution >= 4 is 34.4 Å². The van der Waals surface area contributed by atoms with E-state index in [-0.39, 0.29) is 5.91 Å². The lowest BCUT2D eigenvalue weighted by Crippen LogP contribution is -2.57.